The number of likely N-dealkylation sites (tertiary alicyclic amines) is 1. The summed E-state index contributed by atoms with van der Waals surface area (Å²) in [5.74, 6) is -0.328. The third-order valence-corrected chi connectivity index (χ3v) is 4.51. The van der Waals surface area contributed by atoms with Gasteiger partial charge in [-0.15, -0.1) is 0 Å². The van der Waals surface area contributed by atoms with Crippen molar-refractivity contribution in [2.45, 2.75) is 13.5 Å². The first-order chi connectivity index (χ1) is 12.1. The van der Waals surface area contributed by atoms with Gasteiger partial charge in [-0.2, -0.15) is 5.10 Å². The molecule has 1 saturated heterocycles. The summed E-state index contributed by atoms with van der Waals surface area (Å²) in [5, 5.41) is 4.13. The van der Waals surface area contributed by atoms with Crippen LogP contribution >= 0.6 is 0 Å². The number of nitrogens with two attached hydrogens (primary N) is 1. The summed E-state index contributed by atoms with van der Waals surface area (Å²) in [4.78, 5) is 26.1. The molecule has 2 aromatic rings. The number of hydrogen-bond donors (Lipinski definition) is 1. The number of nitrogens with zero attached hydrogens (tertiary/aromatic N) is 3. The lowest BCUT2D eigenvalue weighted by Gasteiger charge is -2.16. The van der Waals surface area contributed by atoms with E-state index in [1.807, 2.05) is 37.3 Å². The molecule has 0 radical (unpaired) electrons. The molecular formula is C18H22N4O3. The van der Waals surface area contributed by atoms with E-state index < -0.39 is 11.8 Å². The van der Waals surface area contributed by atoms with Crippen LogP contribution in [0.4, 0.5) is 0 Å². The average Bonchev–Trinajstić information content (AvgIpc) is 3.27. The molecule has 2 atom stereocenters. The van der Waals surface area contributed by atoms with Crippen molar-refractivity contribution in [3.8, 4) is 5.75 Å². The van der Waals surface area contributed by atoms with Crippen molar-refractivity contribution >= 4 is 11.8 Å². The number of ether oxygens (including phenoxy) is 1. The second kappa shape index (κ2) is 7.38. The summed E-state index contributed by atoms with van der Waals surface area (Å²) in [5.41, 5.74) is 6.06. The van der Waals surface area contributed by atoms with Gasteiger partial charge >= 0.3 is 0 Å². The number of para-hydroxylation sites is 1. The lowest BCUT2D eigenvalue weighted by atomic mass is 9.96. The average molecular weight is 342 g/mol. The van der Waals surface area contributed by atoms with Crippen LogP contribution in [-0.2, 0) is 11.3 Å². The molecule has 0 aliphatic carbocycles. The van der Waals surface area contributed by atoms with E-state index in [1.54, 1.807) is 22.0 Å². The van der Waals surface area contributed by atoms with Crippen molar-refractivity contribution < 1.29 is 14.3 Å². The van der Waals surface area contributed by atoms with Crippen LogP contribution in [0.25, 0.3) is 0 Å². The van der Waals surface area contributed by atoms with Crippen LogP contribution < -0.4 is 10.5 Å². The Bertz CT molecular complexity index is 744. The highest BCUT2D eigenvalue weighted by Crippen LogP contribution is 2.26. The van der Waals surface area contributed by atoms with Crippen molar-refractivity contribution in [2.24, 2.45) is 17.6 Å². The summed E-state index contributed by atoms with van der Waals surface area (Å²) in [6, 6.07) is 9.39. The zero-order chi connectivity index (χ0) is 17.8. The Morgan fingerprint density at radius 3 is 2.68 bits per heavy atom. The molecule has 1 aliphatic heterocycles. The molecule has 1 fully saturated rings. The van der Waals surface area contributed by atoms with E-state index in [9.17, 15) is 9.59 Å². The molecule has 1 aromatic heterocycles. The maximum Gasteiger partial charge on any atom is 0.257 e. The number of benzene rings is 1. The molecule has 1 aliphatic rings. The van der Waals surface area contributed by atoms with E-state index in [1.165, 1.54) is 0 Å². The second-order valence-corrected chi connectivity index (χ2v) is 6.19. The predicted molar refractivity (Wildman–Crippen MR) is 91.9 cm³/mol. The molecule has 2 heterocycles. The van der Waals surface area contributed by atoms with Gasteiger partial charge in [-0.1, -0.05) is 18.2 Å². The largest absolute Gasteiger partial charge is 0.493 e. The first-order valence-electron chi connectivity index (χ1n) is 8.37. The van der Waals surface area contributed by atoms with E-state index in [0.717, 1.165) is 5.75 Å². The zero-order valence-corrected chi connectivity index (χ0v) is 14.2. The fourth-order valence-electron chi connectivity index (χ4n) is 3.08. The van der Waals surface area contributed by atoms with Gasteiger partial charge in [-0.25, -0.2) is 0 Å². The van der Waals surface area contributed by atoms with Gasteiger partial charge in [0.15, 0.2) is 0 Å². The van der Waals surface area contributed by atoms with Crippen LogP contribution in [0.1, 0.15) is 17.3 Å². The number of aryl methyl sites for hydroxylation is 1. The zero-order valence-electron chi connectivity index (χ0n) is 14.2. The summed E-state index contributed by atoms with van der Waals surface area (Å²) in [6.45, 7) is 3.75. The number of aromatic nitrogens is 2. The Balaban J connectivity index is 1.67. The molecule has 2 N–H and O–H groups in total. The molecule has 25 heavy (non-hydrogen) atoms. The Morgan fingerprint density at radius 2 is 2.04 bits per heavy atom. The second-order valence-electron chi connectivity index (χ2n) is 6.19. The fourth-order valence-corrected chi connectivity index (χ4v) is 3.08. The van der Waals surface area contributed by atoms with E-state index in [0.29, 0.717) is 31.8 Å². The maximum atomic E-state index is 12.6. The number of hydrogen-bond acceptors (Lipinski definition) is 4. The van der Waals surface area contributed by atoms with Crippen LogP contribution in [0.15, 0.2) is 42.7 Å². The van der Waals surface area contributed by atoms with Crippen LogP contribution in [0.3, 0.4) is 0 Å². The van der Waals surface area contributed by atoms with Crippen molar-refractivity contribution in [3.63, 3.8) is 0 Å². The smallest absolute Gasteiger partial charge is 0.257 e. The van der Waals surface area contributed by atoms with Gasteiger partial charge in [0, 0.05) is 31.7 Å². The molecule has 2 amide bonds. The first kappa shape index (κ1) is 17.0. The standard InChI is InChI=1S/C18H22N4O3/c1-2-22-10-13(8-20-22)18(24)21-9-14(16(11-21)17(19)23)12-25-15-6-4-3-5-7-15/h3-8,10,14,16H,2,9,11-12H2,1H3,(H2,19,23)/t14-,16+/m0/s1. The van der Waals surface area contributed by atoms with Crippen molar-refractivity contribution in [1.82, 2.24) is 14.7 Å². The van der Waals surface area contributed by atoms with E-state index in [-0.39, 0.29) is 11.8 Å². The molecule has 0 unspecified atom stereocenters. The van der Waals surface area contributed by atoms with Gasteiger partial charge in [-0.05, 0) is 19.1 Å². The number of amides is 2. The van der Waals surface area contributed by atoms with E-state index in [4.69, 9.17) is 10.5 Å². The molecule has 7 heteroatoms. The summed E-state index contributed by atoms with van der Waals surface area (Å²) in [7, 11) is 0. The molecule has 132 valence electrons. The topological polar surface area (TPSA) is 90.5 Å². The number of carbonyl (C=O) groups excluding carboxylic acids is 2. The fraction of sp³-hybridized carbons (Fsp3) is 0.389. The highest BCUT2D eigenvalue weighted by molar-refractivity contribution is 5.94. The Hall–Kier alpha value is -2.83. The van der Waals surface area contributed by atoms with Gasteiger partial charge in [0.2, 0.25) is 5.91 Å². The minimum Gasteiger partial charge on any atom is -0.493 e. The Kier molecular flexibility index (Phi) is 5.02. The summed E-state index contributed by atoms with van der Waals surface area (Å²) < 4.78 is 7.46. The van der Waals surface area contributed by atoms with Gasteiger partial charge < -0.3 is 15.4 Å². The van der Waals surface area contributed by atoms with Crippen LogP contribution in [-0.4, -0.2) is 46.2 Å². The minimum absolute atomic E-state index is 0.122. The predicted octanol–water partition coefficient (Wildman–Crippen LogP) is 1.16. The molecule has 3 rings (SSSR count). The van der Waals surface area contributed by atoms with Crippen molar-refractivity contribution in [2.75, 3.05) is 19.7 Å². The third-order valence-electron chi connectivity index (χ3n) is 4.51. The molecule has 0 spiro atoms. The molecule has 0 bridgehead atoms. The van der Waals surface area contributed by atoms with Crippen LogP contribution in [0, 0.1) is 11.8 Å². The van der Waals surface area contributed by atoms with Gasteiger partial charge in [0.05, 0.1) is 24.3 Å². The van der Waals surface area contributed by atoms with Crippen molar-refractivity contribution in [3.05, 3.63) is 48.3 Å². The monoisotopic (exact) mass is 342 g/mol. The normalized spacial score (nSPS) is 19.8. The number of rotatable bonds is 6. The molecule has 0 saturated carbocycles. The highest BCUT2D eigenvalue weighted by atomic mass is 16.5. The van der Waals surface area contributed by atoms with Crippen LogP contribution in [0.2, 0.25) is 0 Å². The summed E-state index contributed by atoms with van der Waals surface area (Å²) >= 11 is 0. The highest BCUT2D eigenvalue weighted by Gasteiger charge is 2.39. The lowest BCUT2D eigenvalue weighted by molar-refractivity contribution is -0.122. The Labute approximate surface area is 146 Å². The van der Waals surface area contributed by atoms with Crippen molar-refractivity contribution in [1.29, 1.82) is 0 Å². The van der Waals surface area contributed by atoms with Gasteiger partial charge in [0.25, 0.3) is 5.91 Å². The Morgan fingerprint density at radius 1 is 1.28 bits per heavy atom. The minimum atomic E-state index is -0.408. The maximum absolute atomic E-state index is 12.6. The molecule has 1 aromatic carbocycles. The van der Waals surface area contributed by atoms with E-state index in [2.05, 4.69) is 5.10 Å². The lowest BCUT2D eigenvalue weighted by Crippen LogP contribution is -2.32. The van der Waals surface area contributed by atoms with E-state index >= 15 is 0 Å². The van der Waals surface area contributed by atoms with Gasteiger partial charge in [-0.3, -0.25) is 14.3 Å². The summed E-state index contributed by atoms with van der Waals surface area (Å²) in [6.07, 6.45) is 3.27. The number of carbonyl (C=O) groups is 2. The quantitative estimate of drug-likeness (QED) is 0.853. The SMILES string of the molecule is CCn1cc(C(=O)N2C[C@@H](COc3ccccc3)[C@H](C(N)=O)C2)cn1. The molecular weight excluding hydrogens is 320 g/mol. The molecule has 7 nitrogen and oxygen atoms in total. The number of primary amides is 1. The first-order valence-corrected chi connectivity index (χ1v) is 8.37. The van der Waals surface area contributed by atoms with Gasteiger partial charge in [0.1, 0.15) is 5.75 Å². The third kappa shape index (κ3) is 3.81. The van der Waals surface area contributed by atoms with Crippen LogP contribution in [0.5, 0.6) is 5.75 Å².